The number of halogens is 1. The minimum atomic E-state index is -0.961. The van der Waals surface area contributed by atoms with Crippen molar-refractivity contribution in [1.29, 1.82) is 0 Å². The molecule has 0 atom stereocenters. The second-order valence-corrected chi connectivity index (χ2v) is 4.64. The van der Waals surface area contributed by atoms with E-state index >= 15 is 0 Å². The molecule has 0 unspecified atom stereocenters. The van der Waals surface area contributed by atoms with Crippen molar-refractivity contribution in [2.45, 2.75) is 19.4 Å². The van der Waals surface area contributed by atoms with Gasteiger partial charge in [0.1, 0.15) is 0 Å². The molecule has 7 heteroatoms. The molecule has 5 N–H and O–H groups in total. The Labute approximate surface area is 110 Å². The first-order valence-electron chi connectivity index (χ1n) is 5.18. The van der Waals surface area contributed by atoms with E-state index in [1.165, 1.54) is 0 Å². The molecule has 0 bridgehead atoms. The van der Waals surface area contributed by atoms with Gasteiger partial charge in [-0.1, -0.05) is 22.8 Å². The second kappa shape index (κ2) is 5.59. The standard InChI is InChI=1S/C11H15ClN4O2/c1-11(2,9(13)16-18)15-10(17)14-8-5-3-4-7(12)6-8/h3-6,18H,1-2H3,(H2,13,16)(H2,14,15,17). The predicted octanol–water partition coefficient (Wildman–Crippen LogP) is 1.99. The number of hydrogen-bond acceptors (Lipinski definition) is 3. The number of anilines is 1. The van der Waals surface area contributed by atoms with Gasteiger partial charge in [0.05, 0.1) is 5.54 Å². The molecule has 0 aliphatic heterocycles. The number of amidine groups is 1. The SMILES string of the molecule is CC(C)(NC(=O)Nc1cccc(Cl)c1)/C(N)=N/O. The summed E-state index contributed by atoms with van der Waals surface area (Å²) in [5.74, 6) is -0.0938. The molecule has 98 valence electrons. The number of nitrogens with two attached hydrogens (primary N) is 1. The molecule has 0 heterocycles. The first-order chi connectivity index (χ1) is 8.35. The molecule has 1 aromatic rings. The van der Waals surface area contributed by atoms with E-state index in [-0.39, 0.29) is 5.84 Å². The van der Waals surface area contributed by atoms with E-state index in [0.717, 1.165) is 0 Å². The Balaban J connectivity index is 2.68. The molecule has 0 spiro atoms. The van der Waals surface area contributed by atoms with Crippen molar-refractivity contribution in [1.82, 2.24) is 5.32 Å². The predicted molar refractivity (Wildman–Crippen MR) is 71.1 cm³/mol. The van der Waals surface area contributed by atoms with Crippen LogP contribution in [0.25, 0.3) is 0 Å². The van der Waals surface area contributed by atoms with Gasteiger partial charge < -0.3 is 21.6 Å². The summed E-state index contributed by atoms with van der Waals surface area (Å²) in [7, 11) is 0. The summed E-state index contributed by atoms with van der Waals surface area (Å²) in [5.41, 5.74) is 5.04. The molecule has 0 saturated carbocycles. The summed E-state index contributed by atoms with van der Waals surface area (Å²) < 4.78 is 0. The summed E-state index contributed by atoms with van der Waals surface area (Å²) in [5, 5.41) is 17.1. The molecule has 18 heavy (non-hydrogen) atoms. The third kappa shape index (κ3) is 3.81. The lowest BCUT2D eigenvalue weighted by molar-refractivity contribution is 0.246. The van der Waals surface area contributed by atoms with Gasteiger partial charge in [-0.05, 0) is 32.0 Å². The van der Waals surface area contributed by atoms with Crippen LogP contribution in [-0.4, -0.2) is 22.6 Å². The highest BCUT2D eigenvalue weighted by atomic mass is 35.5. The maximum atomic E-state index is 11.7. The van der Waals surface area contributed by atoms with Crippen LogP contribution in [0.2, 0.25) is 5.02 Å². The summed E-state index contributed by atoms with van der Waals surface area (Å²) >= 11 is 5.79. The Morgan fingerprint density at radius 3 is 2.72 bits per heavy atom. The molecule has 0 saturated heterocycles. The van der Waals surface area contributed by atoms with Gasteiger partial charge in [-0.15, -0.1) is 0 Å². The molecular formula is C11H15ClN4O2. The molecular weight excluding hydrogens is 256 g/mol. The second-order valence-electron chi connectivity index (χ2n) is 4.20. The number of urea groups is 1. The van der Waals surface area contributed by atoms with Gasteiger partial charge in [-0.25, -0.2) is 4.79 Å². The lowest BCUT2D eigenvalue weighted by atomic mass is 10.1. The third-order valence-corrected chi connectivity index (χ3v) is 2.49. The third-order valence-electron chi connectivity index (χ3n) is 2.26. The molecule has 0 fully saturated rings. The average molecular weight is 271 g/mol. The summed E-state index contributed by atoms with van der Waals surface area (Å²) in [6.45, 7) is 3.22. The van der Waals surface area contributed by atoms with Crippen LogP contribution in [0.4, 0.5) is 10.5 Å². The fourth-order valence-corrected chi connectivity index (χ4v) is 1.39. The fraction of sp³-hybridized carbons (Fsp3) is 0.273. The van der Waals surface area contributed by atoms with Crippen LogP contribution < -0.4 is 16.4 Å². The Morgan fingerprint density at radius 1 is 1.50 bits per heavy atom. The number of hydrogen-bond donors (Lipinski definition) is 4. The normalized spacial score (nSPS) is 12.1. The first-order valence-corrected chi connectivity index (χ1v) is 5.55. The van der Waals surface area contributed by atoms with E-state index in [2.05, 4.69) is 15.8 Å². The van der Waals surface area contributed by atoms with Crippen LogP contribution in [0.5, 0.6) is 0 Å². The van der Waals surface area contributed by atoms with Crippen molar-refractivity contribution in [2.24, 2.45) is 10.9 Å². The van der Waals surface area contributed by atoms with Crippen LogP contribution in [0.3, 0.4) is 0 Å². The number of carbonyl (C=O) groups excluding carboxylic acids is 1. The van der Waals surface area contributed by atoms with Crippen molar-refractivity contribution in [3.05, 3.63) is 29.3 Å². The largest absolute Gasteiger partial charge is 0.409 e. The van der Waals surface area contributed by atoms with Gasteiger partial charge in [0.25, 0.3) is 0 Å². The van der Waals surface area contributed by atoms with E-state index in [1.54, 1.807) is 38.1 Å². The van der Waals surface area contributed by atoms with Crippen LogP contribution in [-0.2, 0) is 0 Å². The van der Waals surface area contributed by atoms with Crippen molar-refractivity contribution in [3.63, 3.8) is 0 Å². The fourth-order valence-electron chi connectivity index (χ4n) is 1.20. The molecule has 1 rings (SSSR count). The Hall–Kier alpha value is -1.95. The topological polar surface area (TPSA) is 99.7 Å². The molecule has 6 nitrogen and oxygen atoms in total. The van der Waals surface area contributed by atoms with E-state index in [9.17, 15) is 4.79 Å². The molecule has 0 aromatic heterocycles. The van der Waals surface area contributed by atoms with Gasteiger partial charge in [-0.3, -0.25) is 0 Å². The maximum Gasteiger partial charge on any atom is 0.320 e. The van der Waals surface area contributed by atoms with E-state index < -0.39 is 11.6 Å². The number of nitrogens with zero attached hydrogens (tertiary/aromatic N) is 1. The molecule has 1 aromatic carbocycles. The quantitative estimate of drug-likeness (QED) is 0.292. The molecule has 0 radical (unpaired) electrons. The highest BCUT2D eigenvalue weighted by Gasteiger charge is 2.25. The Morgan fingerprint density at radius 2 is 2.17 bits per heavy atom. The lowest BCUT2D eigenvalue weighted by Crippen LogP contribution is -2.54. The number of amides is 2. The zero-order valence-electron chi connectivity index (χ0n) is 10.1. The van der Waals surface area contributed by atoms with Gasteiger partial charge in [0.15, 0.2) is 5.84 Å². The number of rotatable bonds is 3. The zero-order chi connectivity index (χ0) is 13.8. The molecule has 0 aliphatic rings. The zero-order valence-corrected chi connectivity index (χ0v) is 10.8. The van der Waals surface area contributed by atoms with Gasteiger partial charge >= 0.3 is 6.03 Å². The Kier molecular flexibility index (Phi) is 4.38. The van der Waals surface area contributed by atoms with Gasteiger partial charge in [0, 0.05) is 10.7 Å². The minimum Gasteiger partial charge on any atom is -0.409 e. The van der Waals surface area contributed by atoms with Gasteiger partial charge in [0.2, 0.25) is 0 Å². The number of nitrogens with one attached hydrogen (secondary N) is 2. The smallest absolute Gasteiger partial charge is 0.320 e. The van der Waals surface area contributed by atoms with Crippen LogP contribution >= 0.6 is 11.6 Å². The highest BCUT2D eigenvalue weighted by Crippen LogP contribution is 2.15. The summed E-state index contributed by atoms with van der Waals surface area (Å²) in [4.78, 5) is 11.7. The first kappa shape index (κ1) is 14.1. The van der Waals surface area contributed by atoms with Gasteiger partial charge in [-0.2, -0.15) is 0 Å². The monoisotopic (exact) mass is 270 g/mol. The number of benzene rings is 1. The van der Waals surface area contributed by atoms with Crippen molar-refractivity contribution < 1.29 is 10.0 Å². The Bertz CT molecular complexity index is 474. The highest BCUT2D eigenvalue weighted by molar-refractivity contribution is 6.30. The van der Waals surface area contributed by atoms with Crippen LogP contribution in [0.15, 0.2) is 29.4 Å². The van der Waals surface area contributed by atoms with Crippen molar-refractivity contribution in [2.75, 3.05) is 5.32 Å². The van der Waals surface area contributed by atoms with Crippen molar-refractivity contribution in [3.8, 4) is 0 Å². The van der Waals surface area contributed by atoms with Crippen LogP contribution in [0, 0.1) is 0 Å². The number of oxime groups is 1. The van der Waals surface area contributed by atoms with Crippen molar-refractivity contribution >= 4 is 29.2 Å². The van der Waals surface area contributed by atoms with E-state index in [1.807, 2.05) is 0 Å². The number of carbonyl (C=O) groups is 1. The van der Waals surface area contributed by atoms with E-state index in [0.29, 0.717) is 10.7 Å². The maximum absolute atomic E-state index is 11.7. The molecule has 2 amide bonds. The lowest BCUT2D eigenvalue weighted by Gasteiger charge is -2.24. The molecule has 0 aliphatic carbocycles. The average Bonchev–Trinajstić information content (AvgIpc) is 2.26. The summed E-state index contributed by atoms with van der Waals surface area (Å²) in [6, 6.07) is 6.24. The minimum absolute atomic E-state index is 0.0938. The van der Waals surface area contributed by atoms with Crippen LogP contribution in [0.1, 0.15) is 13.8 Å². The van der Waals surface area contributed by atoms with E-state index in [4.69, 9.17) is 22.5 Å². The summed E-state index contributed by atoms with van der Waals surface area (Å²) in [6.07, 6.45) is 0.